The van der Waals surface area contributed by atoms with Crippen LogP contribution in [0.15, 0.2) is 34.7 Å². The number of nitrogens with two attached hydrogens (primary N) is 1. The maximum absolute atomic E-state index is 11.7. The molecule has 2 N–H and O–H groups in total. The molecule has 1 aromatic carbocycles. The number of rotatable bonds is 4. The van der Waals surface area contributed by atoms with Crippen molar-refractivity contribution in [2.24, 2.45) is 5.73 Å². The molecule has 0 atom stereocenters. The van der Waals surface area contributed by atoms with Crippen LogP contribution < -0.4 is 5.73 Å². The Bertz CT molecular complexity index is 488. The summed E-state index contributed by atoms with van der Waals surface area (Å²) in [7, 11) is -3.76. The van der Waals surface area contributed by atoms with Gasteiger partial charge in [0.25, 0.3) is 10.1 Å². The maximum Gasteiger partial charge on any atom is 0.298 e. The highest BCUT2D eigenvalue weighted by molar-refractivity contribution is 7.86. The highest BCUT2D eigenvalue weighted by Gasteiger charge is 2.17. The lowest BCUT2D eigenvalue weighted by Gasteiger charge is -2.07. The first-order valence-electron chi connectivity index (χ1n) is 4.81. The Morgan fingerprint density at radius 3 is 2.56 bits per heavy atom. The fourth-order valence-corrected chi connectivity index (χ4v) is 2.26. The molecule has 4 nitrogen and oxygen atoms in total. The molecule has 16 heavy (non-hydrogen) atoms. The summed E-state index contributed by atoms with van der Waals surface area (Å²) in [5.74, 6) is 0. The van der Waals surface area contributed by atoms with Crippen molar-refractivity contribution in [1.29, 1.82) is 0 Å². The summed E-state index contributed by atoms with van der Waals surface area (Å²) < 4.78 is 28.0. The molecule has 0 saturated heterocycles. The van der Waals surface area contributed by atoms with Gasteiger partial charge < -0.3 is 5.73 Å². The van der Waals surface area contributed by atoms with Crippen molar-refractivity contribution in [3.63, 3.8) is 0 Å². The maximum atomic E-state index is 11.7. The van der Waals surface area contributed by atoms with E-state index in [9.17, 15) is 8.42 Å². The molecule has 1 aromatic rings. The Balaban J connectivity index is 3.29. The first-order chi connectivity index (χ1) is 7.47. The molecular formula is C11H15NO3S. The average molecular weight is 241 g/mol. The lowest BCUT2D eigenvalue weighted by Crippen LogP contribution is -2.13. The van der Waals surface area contributed by atoms with Gasteiger partial charge in [0.15, 0.2) is 0 Å². The van der Waals surface area contributed by atoms with Crippen LogP contribution in [0.1, 0.15) is 19.4 Å². The monoisotopic (exact) mass is 241 g/mol. The van der Waals surface area contributed by atoms with E-state index in [1.54, 1.807) is 24.3 Å². The summed E-state index contributed by atoms with van der Waals surface area (Å²) in [4.78, 5) is 0.140. The van der Waals surface area contributed by atoms with E-state index in [1.165, 1.54) is 6.07 Å². The Kier molecular flexibility index (Phi) is 4.23. The lowest BCUT2D eigenvalue weighted by molar-refractivity contribution is 0.329. The number of benzene rings is 1. The molecule has 0 saturated carbocycles. The molecule has 0 spiro atoms. The van der Waals surface area contributed by atoms with Crippen molar-refractivity contribution >= 4 is 16.2 Å². The van der Waals surface area contributed by atoms with Gasteiger partial charge in [-0.3, -0.25) is 4.18 Å². The Hall–Kier alpha value is -1.17. The summed E-state index contributed by atoms with van der Waals surface area (Å²) in [6.45, 7) is 3.44. The van der Waals surface area contributed by atoms with Crippen molar-refractivity contribution in [3.05, 3.63) is 35.4 Å². The molecule has 0 fully saturated rings. The Morgan fingerprint density at radius 1 is 1.38 bits per heavy atom. The third kappa shape index (κ3) is 3.16. The van der Waals surface area contributed by atoms with Crippen molar-refractivity contribution in [3.8, 4) is 0 Å². The van der Waals surface area contributed by atoms with Gasteiger partial charge in [-0.1, -0.05) is 29.8 Å². The van der Waals surface area contributed by atoms with Crippen LogP contribution in [-0.2, 0) is 14.3 Å². The Morgan fingerprint density at radius 2 is 2.00 bits per heavy atom. The molecule has 0 aliphatic rings. The first kappa shape index (κ1) is 12.9. The molecule has 0 aliphatic heterocycles. The number of allylic oxidation sites excluding steroid dienone is 1. The van der Waals surface area contributed by atoms with Crippen molar-refractivity contribution in [1.82, 2.24) is 0 Å². The zero-order chi connectivity index (χ0) is 12.2. The zero-order valence-electron chi connectivity index (χ0n) is 9.30. The molecule has 0 bridgehead atoms. The summed E-state index contributed by atoms with van der Waals surface area (Å²) in [5.41, 5.74) is 6.70. The molecule has 0 aromatic heterocycles. The van der Waals surface area contributed by atoms with E-state index < -0.39 is 10.1 Å². The van der Waals surface area contributed by atoms with Gasteiger partial charge >= 0.3 is 0 Å². The van der Waals surface area contributed by atoms with E-state index in [4.69, 9.17) is 5.73 Å². The molecule has 88 valence electrons. The lowest BCUT2D eigenvalue weighted by atomic mass is 10.1. The molecule has 0 radical (unpaired) electrons. The van der Waals surface area contributed by atoms with Gasteiger partial charge in [0.05, 0.1) is 0 Å². The standard InChI is InChI=1S/C11H15NO3S/c1-9(2)7-10-5-3-4-6-11(10)16(13,14)15-8-12/h3-7H,8,12H2,1-2H3. The van der Waals surface area contributed by atoms with Gasteiger partial charge in [-0.15, -0.1) is 0 Å². The number of hydrogen-bond donors (Lipinski definition) is 1. The van der Waals surface area contributed by atoms with Crippen molar-refractivity contribution in [2.45, 2.75) is 18.7 Å². The molecular weight excluding hydrogens is 226 g/mol. The molecule has 0 aliphatic carbocycles. The van der Waals surface area contributed by atoms with E-state index in [-0.39, 0.29) is 11.6 Å². The highest BCUT2D eigenvalue weighted by atomic mass is 32.2. The summed E-state index contributed by atoms with van der Waals surface area (Å²) in [5, 5.41) is 0. The van der Waals surface area contributed by atoms with Crippen LogP contribution in [-0.4, -0.2) is 15.1 Å². The second kappa shape index (κ2) is 5.25. The highest BCUT2D eigenvalue weighted by Crippen LogP contribution is 2.20. The number of hydrogen-bond acceptors (Lipinski definition) is 4. The van der Waals surface area contributed by atoms with Gasteiger partial charge in [-0.05, 0) is 25.5 Å². The van der Waals surface area contributed by atoms with Gasteiger partial charge in [0.2, 0.25) is 0 Å². The predicted octanol–water partition coefficient (Wildman–Crippen LogP) is 1.73. The van der Waals surface area contributed by atoms with Crippen LogP contribution in [0.4, 0.5) is 0 Å². The SMILES string of the molecule is CC(C)=Cc1ccccc1S(=O)(=O)OCN. The minimum Gasteiger partial charge on any atom is -0.307 e. The second-order valence-electron chi connectivity index (χ2n) is 3.50. The van der Waals surface area contributed by atoms with Gasteiger partial charge in [-0.2, -0.15) is 8.42 Å². The van der Waals surface area contributed by atoms with Crippen LogP contribution in [0.3, 0.4) is 0 Å². The molecule has 1 rings (SSSR count). The van der Waals surface area contributed by atoms with Crippen LogP contribution in [0.5, 0.6) is 0 Å². The van der Waals surface area contributed by atoms with Crippen LogP contribution in [0.2, 0.25) is 0 Å². The van der Waals surface area contributed by atoms with E-state index in [0.29, 0.717) is 5.56 Å². The van der Waals surface area contributed by atoms with Gasteiger partial charge in [-0.25, -0.2) is 0 Å². The second-order valence-corrected chi connectivity index (χ2v) is 5.08. The van der Waals surface area contributed by atoms with Crippen LogP contribution in [0.25, 0.3) is 6.08 Å². The smallest absolute Gasteiger partial charge is 0.298 e. The van der Waals surface area contributed by atoms with E-state index in [2.05, 4.69) is 4.18 Å². The summed E-state index contributed by atoms with van der Waals surface area (Å²) in [6, 6.07) is 6.64. The van der Waals surface area contributed by atoms with Crippen molar-refractivity contribution < 1.29 is 12.6 Å². The third-order valence-corrected chi connectivity index (χ3v) is 3.21. The quantitative estimate of drug-likeness (QED) is 0.644. The summed E-state index contributed by atoms with van der Waals surface area (Å²) >= 11 is 0. The normalized spacial score (nSPS) is 11.2. The molecule has 0 amide bonds. The largest absolute Gasteiger partial charge is 0.307 e. The van der Waals surface area contributed by atoms with E-state index in [1.807, 2.05) is 13.8 Å². The summed E-state index contributed by atoms with van der Waals surface area (Å²) in [6.07, 6.45) is 1.78. The molecule has 0 unspecified atom stereocenters. The fraction of sp³-hybridized carbons (Fsp3) is 0.273. The van der Waals surface area contributed by atoms with Gasteiger partial charge in [0, 0.05) is 0 Å². The average Bonchev–Trinajstić information content (AvgIpc) is 2.17. The topological polar surface area (TPSA) is 69.4 Å². The Labute approximate surface area is 95.9 Å². The first-order valence-corrected chi connectivity index (χ1v) is 6.21. The van der Waals surface area contributed by atoms with Gasteiger partial charge in [0.1, 0.15) is 11.6 Å². The minimum absolute atomic E-state index is 0.140. The fourth-order valence-electron chi connectivity index (χ4n) is 1.29. The molecule has 5 heteroatoms. The zero-order valence-corrected chi connectivity index (χ0v) is 10.1. The minimum atomic E-state index is -3.76. The predicted molar refractivity (Wildman–Crippen MR) is 63.1 cm³/mol. The van der Waals surface area contributed by atoms with Crippen LogP contribution in [0, 0.1) is 0 Å². The molecule has 0 heterocycles. The van der Waals surface area contributed by atoms with Crippen molar-refractivity contribution in [2.75, 3.05) is 6.73 Å². The van der Waals surface area contributed by atoms with E-state index in [0.717, 1.165) is 5.57 Å². The third-order valence-electron chi connectivity index (χ3n) is 1.86. The van der Waals surface area contributed by atoms with Crippen LogP contribution >= 0.6 is 0 Å². The van der Waals surface area contributed by atoms with E-state index >= 15 is 0 Å².